The van der Waals surface area contributed by atoms with Crippen molar-refractivity contribution in [2.45, 2.75) is 13.3 Å². The van der Waals surface area contributed by atoms with E-state index < -0.39 is 0 Å². The maximum absolute atomic E-state index is 13.6. The predicted molar refractivity (Wildman–Crippen MR) is 107 cm³/mol. The number of halogens is 1. The van der Waals surface area contributed by atoms with E-state index in [1.165, 1.54) is 13.0 Å². The van der Waals surface area contributed by atoms with Gasteiger partial charge in [-0.25, -0.2) is 4.39 Å². The van der Waals surface area contributed by atoms with Crippen LogP contribution in [0.4, 0.5) is 4.39 Å². The minimum absolute atomic E-state index is 0.00570. The third-order valence-corrected chi connectivity index (χ3v) is 5.02. The average molecular weight is 397 g/mol. The van der Waals surface area contributed by atoms with Gasteiger partial charge in [-0.05, 0) is 36.2 Å². The summed E-state index contributed by atoms with van der Waals surface area (Å²) >= 11 is 0. The fourth-order valence-electron chi connectivity index (χ4n) is 3.31. The highest BCUT2D eigenvalue weighted by molar-refractivity contribution is 5.99. The Hall–Kier alpha value is -3.22. The number of hydrogen-bond donors (Lipinski definition) is 1. The molecule has 3 amide bonds. The number of carbonyl (C=O) groups is 3. The summed E-state index contributed by atoms with van der Waals surface area (Å²) < 4.78 is 13.6. The Bertz CT molecular complexity index is 908. The first-order valence-electron chi connectivity index (χ1n) is 9.62. The lowest BCUT2D eigenvalue weighted by Gasteiger charge is -2.34. The monoisotopic (exact) mass is 397 g/mol. The molecule has 1 heterocycles. The molecular formula is C22H24FN3O3. The zero-order valence-corrected chi connectivity index (χ0v) is 16.4. The molecular weight excluding hydrogens is 373 g/mol. The van der Waals surface area contributed by atoms with Gasteiger partial charge in [-0.15, -0.1) is 0 Å². The summed E-state index contributed by atoms with van der Waals surface area (Å²) in [6.45, 7) is 3.78. The lowest BCUT2D eigenvalue weighted by Crippen LogP contribution is -2.50. The average Bonchev–Trinajstić information content (AvgIpc) is 2.74. The number of benzene rings is 2. The van der Waals surface area contributed by atoms with Gasteiger partial charge in [-0.1, -0.05) is 24.3 Å². The molecule has 0 unspecified atom stereocenters. The topological polar surface area (TPSA) is 69.7 Å². The summed E-state index contributed by atoms with van der Waals surface area (Å²) in [5.74, 6) is -0.753. The molecule has 0 atom stereocenters. The van der Waals surface area contributed by atoms with Crippen LogP contribution in [0.25, 0.3) is 0 Å². The smallest absolute Gasteiger partial charge is 0.253 e. The van der Waals surface area contributed by atoms with Gasteiger partial charge in [0.2, 0.25) is 5.91 Å². The van der Waals surface area contributed by atoms with E-state index in [-0.39, 0.29) is 23.5 Å². The molecule has 152 valence electrons. The number of rotatable bonds is 5. The van der Waals surface area contributed by atoms with E-state index >= 15 is 0 Å². The molecule has 6 nitrogen and oxygen atoms in total. The molecule has 3 rings (SSSR count). The summed E-state index contributed by atoms with van der Waals surface area (Å²) in [5, 5.41) is 2.76. The van der Waals surface area contributed by atoms with Crippen molar-refractivity contribution >= 4 is 17.7 Å². The maximum atomic E-state index is 13.6. The molecule has 1 fully saturated rings. The van der Waals surface area contributed by atoms with Crippen LogP contribution in [0, 0.1) is 5.82 Å². The minimum atomic E-state index is -0.308. The van der Waals surface area contributed by atoms with E-state index in [2.05, 4.69) is 5.32 Å². The molecule has 2 aromatic rings. The van der Waals surface area contributed by atoms with Crippen molar-refractivity contribution in [1.82, 2.24) is 15.1 Å². The van der Waals surface area contributed by atoms with Crippen LogP contribution >= 0.6 is 0 Å². The van der Waals surface area contributed by atoms with Gasteiger partial charge in [0.15, 0.2) is 0 Å². The summed E-state index contributed by atoms with van der Waals surface area (Å²) in [6, 6.07) is 13.0. The first kappa shape index (κ1) is 20.5. The van der Waals surface area contributed by atoms with Crippen molar-refractivity contribution in [3.05, 3.63) is 71.0 Å². The Morgan fingerprint density at radius 3 is 2.28 bits per heavy atom. The van der Waals surface area contributed by atoms with Crippen molar-refractivity contribution < 1.29 is 18.8 Å². The van der Waals surface area contributed by atoms with Crippen LogP contribution in [0.1, 0.15) is 33.2 Å². The van der Waals surface area contributed by atoms with Crippen molar-refractivity contribution in [3.8, 4) is 0 Å². The first-order chi connectivity index (χ1) is 14.0. The van der Waals surface area contributed by atoms with E-state index in [1.807, 2.05) is 0 Å². The fourth-order valence-corrected chi connectivity index (χ4v) is 3.31. The van der Waals surface area contributed by atoms with Crippen LogP contribution in [0.15, 0.2) is 48.5 Å². The highest BCUT2D eigenvalue weighted by Crippen LogP contribution is 2.12. The van der Waals surface area contributed by atoms with Gasteiger partial charge in [0.25, 0.3) is 11.8 Å². The first-order valence-corrected chi connectivity index (χ1v) is 9.62. The quantitative estimate of drug-likeness (QED) is 0.840. The third-order valence-electron chi connectivity index (χ3n) is 5.02. The van der Waals surface area contributed by atoms with Crippen LogP contribution in [0.3, 0.4) is 0 Å². The summed E-state index contributed by atoms with van der Waals surface area (Å²) in [4.78, 5) is 40.0. The summed E-state index contributed by atoms with van der Waals surface area (Å²) in [5.41, 5.74) is 1.36. The number of hydrogen-bond acceptors (Lipinski definition) is 3. The second-order valence-electron chi connectivity index (χ2n) is 6.98. The van der Waals surface area contributed by atoms with Crippen LogP contribution in [-0.4, -0.2) is 60.2 Å². The van der Waals surface area contributed by atoms with E-state index in [9.17, 15) is 18.8 Å². The molecule has 0 spiro atoms. The normalized spacial score (nSPS) is 13.9. The molecule has 1 N–H and O–H groups in total. The van der Waals surface area contributed by atoms with Crippen molar-refractivity contribution in [2.75, 3.05) is 32.7 Å². The molecule has 0 radical (unpaired) electrons. The molecule has 1 aliphatic heterocycles. The minimum Gasteiger partial charge on any atom is -0.352 e. The fraction of sp³-hybridized carbons (Fsp3) is 0.318. The van der Waals surface area contributed by atoms with E-state index in [0.29, 0.717) is 55.8 Å². The van der Waals surface area contributed by atoms with Crippen LogP contribution in [0.5, 0.6) is 0 Å². The van der Waals surface area contributed by atoms with Gasteiger partial charge in [-0.2, -0.15) is 0 Å². The van der Waals surface area contributed by atoms with Gasteiger partial charge >= 0.3 is 0 Å². The largest absolute Gasteiger partial charge is 0.352 e. The van der Waals surface area contributed by atoms with Gasteiger partial charge in [0.05, 0.1) is 0 Å². The van der Waals surface area contributed by atoms with Gasteiger partial charge in [0, 0.05) is 50.8 Å². The Kier molecular flexibility index (Phi) is 6.59. The molecule has 2 aromatic carbocycles. The number of piperazine rings is 1. The van der Waals surface area contributed by atoms with Crippen molar-refractivity contribution in [2.24, 2.45) is 0 Å². The molecule has 1 saturated heterocycles. The SMILES string of the molecule is CC(=O)N1CCN(C(=O)c2cccc(C(=O)NCCc3ccccc3F)c2)CC1. The number of carbonyl (C=O) groups excluding carboxylic acids is 3. The lowest BCUT2D eigenvalue weighted by atomic mass is 10.1. The van der Waals surface area contributed by atoms with Gasteiger partial charge in [-0.3, -0.25) is 14.4 Å². The molecule has 0 saturated carbocycles. The second-order valence-corrected chi connectivity index (χ2v) is 6.98. The van der Waals surface area contributed by atoms with Crippen LogP contribution in [-0.2, 0) is 11.2 Å². The maximum Gasteiger partial charge on any atom is 0.253 e. The molecule has 7 heteroatoms. The molecule has 0 aromatic heterocycles. The van der Waals surface area contributed by atoms with Gasteiger partial charge in [0.1, 0.15) is 5.82 Å². The number of nitrogens with zero attached hydrogens (tertiary/aromatic N) is 2. The van der Waals surface area contributed by atoms with Gasteiger partial charge < -0.3 is 15.1 Å². The van der Waals surface area contributed by atoms with Crippen LogP contribution in [0.2, 0.25) is 0 Å². The zero-order chi connectivity index (χ0) is 20.8. The molecule has 29 heavy (non-hydrogen) atoms. The number of nitrogens with one attached hydrogen (secondary N) is 1. The Morgan fingerprint density at radius 2 is 1.59 bits per heavy atom. The van der Waals surface area contributed by atoms with Crippen LogP contribution < -0.4 is 5.32 Å². The molecule has 0 aliphatic carbocycles. The van der Waals surface area contributed by atoms with Crippen molar-refractivity contribution in [3.63, 3.8) is 0 Å². The molecule has 1 aliphatic rings. The Balaban J connectivity index is 1.57. The summed E-state index contributed by atoms with van der Waals surface area (Å²) in [6.07, 6.45) is 0.386. The predicted octanol–water partition coefficient (Wildman–Crippen LogP) is 2.10. The second kappa shape index (κ2) is 9.32. The lowest BCUT2D eigenvalue weighted by molar-refractivity contribution is -0.130. The van der Waals surface area contributed by atoms with E-state index in [1.54, 1.807) is 52.3 Å². The standard InChI is InChI=1S/C22H24FN3O3/c1-16(27)25-11-13-26(14-12-25)22(29)19-7-4-6-18(15-19)21(28)24-10-9-17-5-2-3-8-20(17)23/h2-8,15H,9-14H2,1H3,(H,24,28). The van der Waals surface area contributed by atoms with E-state index in [0.717, 1.165) is 0 Å². The highest BCUT2D eigenvalue weighted by atomic mass is 19.1. The summed E-state index contributed by atoms with van der Waals surface area (Å²) in [7, 11) is 0. The van der Waals surface area contributed by atoms with Crippen molar-refractivity contribution in [1.29, 1.82) is 0 Å². The zero-order valence-electron chi connectivity index (χ0n) is 16.4. The number of amides is 3. The third kappa shape index (κ3) is 5.19. The van der Waals surface area contributed by atoms with E-state index in [4.69, 9.17) is 0 Å². The highest BCUT2D eigenvalue weighted by Gasteiger charge is 2.23. The molecule has 0 bridgehead atoms. The Morgan fingerprint density at radius 1 is 0.931 bits per heavy atom. The Labute approximate surface area is 169 Å².